The van der Waals surface area contributed by atoms with Gasteiger partial charge in [0.25, 0.3) is 0 Å². The van der Waals surface area contributed by atoms with E-state index in [9.17, 15) is 0 Å². The maximum Gasteiger partial charge on any atom is 0.213 e. The molecule has 0 spiro atoms. The zero-order chi connectivity index (χ0) is 21.2. The molecule has 3 aromatic rings. The minimum Gasteiger partial charge on any atom is -0.477 e. The standard InChI is InChI=1S/C24H31N5O2/c1-27(2)14-18-8-10-23(25-13-18)30-17-19-7-9-20-16-29(12-11-28(20)15-19)24-21-5-3-4-6-22(21)31-26-24/h3-6,8,10,13,19-20H,7,9,11-12,14-17H2,1-2H3/t19-,20-/m0/s1. The highest BCUT2D eigenvalue weighted by molar-refractivity contribution is 5.88. The molecule has 0 bridgehead atoms. The van der Waals surface area contributed by atoms with Gasteiger partial charge in [-0.25, -0.2) is 4.98 Å². The quantitative estimate of drug-likeness (QED) is 0.605. The van der Waals surface area contributed by atoms with E-state index < -0.39 is 0 Å². The Balaban J connectivity index is 1.14. The smallest absolute Gasteiger partial charge is 0.213 e. The fraction of sp³-hybridized carbons (Fsp3) is 0.500. The molecule has 31 heavy (non-hydrogen) atoms. The lowest BCUT2D eigenvalue weighted by Gasteiger charge is -2.46. The van der Waals surface area contributed by atoms with Crippen LogP contribution in [0, 0.1) is 5.92 Å². The number of hydrogen-bond acceptors (Lipinski definition) is 7. The van der Waals surface area contributed by atoms with Crippen LogP contribution in [0.3, 0.4) is 0 Å². The van der Waals surface area contributed by atoms with Gasteiger partial charge in [-0.3, -0.25) is 4.90 Å². The van der Waals surface area contributed by atoms with Crippen LogP contribution in [0.25, 0.3) is 11.0 Å². The first kappa shape index (κ1) is 20.3. The summed E-state index contributed by atoms with van der Waals surface area (Å²) in [5.74, 6) is 2.27. The van der Waals surface area contributed by atoms with E-state index in [0.29, 0.717) is 12.0 Å². The summed E-state index contributed by atoms with van der Waals surface area (Å²) in [6, 6.07) is 12.8. The Labute approximate surface area is 183 Å². The van der Waals surface area contributed by atoms with Gasteiger partial charge >= 0.3 is 0 Å². The zero-order valence-electron chi connectivity index (χ0n) is 18.4. The zero-order valence-corrected chi connectivity index (χ0v) is 18.4. The summed E-state index contributed by atoms with van der Waals surface area (Å²) in [4.78, 5) is 11.6. The van der Waals surface area contributed by atoms with Crippen molar-refractivity contribution in [1.82, 2.24) is 19.9 Å². The summed E-state index contributed by atoms with van der Waals surface area (Å²) < 4.78 is 11.6. The number of anilines is 1. The number of para-hydroxylation sites is 1. The van der Waals surface area contributed by atoms with Crippen LogP contribution >= 0.6 is 0 Å². The predicted molar refractivity (Wildman–Crippen MR) is 121 cm³/mol. The highest BCUT2D eigenvalue weighted by Gasteiger charge is 2.34. The van der Waals surface area contributed by atoms with Crippen molar-refractivity contribution in [3.8, 4) is 5.88 Å². The maximum atomic E-state index is 6.03. The van der Waals surface area contributed by atoms with Crippen molar-refractivity contribution in [2.24, 2.45) is 5.92 Å². The van der Waals surface area contributed by atoms with Crippen molar-refractivity contribution in [3.63, 3.8) is 0 Å². The molecule has 2 aliphatic rings. The number of ether oxygens (including phenoxy) is 1. The number of pyridine rings is 1. The average molecular weight is 422 g/mol. The van der Waals surface area contributed by atoms with Crippen molar-refractivity contribution in [2.75, 3.05) is 51.8 Å². The molecular weight excluding hydrogens is 390 g/mol. The second kappa shape index (κ2) is 8.85. The lowest BCUT2D eigenvalue weighted by atomic mass is 9.91. The van der Waals surface area contributed by atoms with E-state index in [1.165, 1.54) is 18.4 Å². The van der Waals surface area contributed by atoms with Gasteiger partial charge in [0, 0.05) is 56.9 Å². The van der Waals surface area contributed by atoms with Gasteiger partial charge < -0.3 is 19.1 Å². The molecule has 0 amide bonds. The molecule has 0 aliphatic carbocycles. The molecule has 164 valence electrons. The monoisotopic (exact) mass is 421 g/mol. The lowest BCUT2D eigenvalue weighted by molar-refractivity contribution is 0.0716. The van der Waals surface area contributed by atoms with Crippen LogP contribution < -0.4 is 9.64 Å². The second-order valence-electron chi connectivity index (χ2n) is 9.09. The number of piperidine rings is 1. The first-order valence-corrected chi connectivity index (χ1v) is 11.2. The van der Waals surface area contributed by atoms with Crippen LogP contribution in [0.15, 0.2) is 47.1 Å². The molecule has 0 saturated carbocycles. The van der Waals surface area contributed by atoms with Gasteiger partial charge in [0.2, 0.25) is 5.88 Å². The normalized spacial score (nSPS) is 22.1. The fourth-order valence-corrected chi connectivity index (χ4v) is 4.85. The van der Waals surface area contributed by atoms with Gasteiger partial charge in [-0.15, -0.1) is 0 Å². The SMILES string of the molecule is CN(C)Cc1ccc(OC[C@H]2CC[C@H]3CN(c4noc5ccccc45)CCN3C2)nc1. The number of aromatic nitrogens is 2. The summed E-state index contributed by atoms with van der Waals surface area (Å²) in [6.07, 6.45) is 4.29. The number of hydrogen-bond donors (Lipinski definition) is 0. The minimum absolute atomic E-state index is 0.555. The molecule has 2 saturated heterocycles. The molecule has 2 aliphatic heterocycles. The van der Waals surface area contributed by atoms with E-state index >= 15 is 0 Å². The number of nitrogens with zero attached hydrogens (tertiary/aromatic N) is 5. The molecule has 0 unspecified atom stereocenters. The third-order valence-electron chi connectivity index (χ3n) is 6.43. The summed E-state index contributed by atoms with van der Waals surface area (Å²) in [5, 5.41) is 5.47. The Hall–Kier alpha value is -2.64. The molecule has 7 heteroatoms. The van der Waals surface area contributed by atoms with Crippen molar-refractivity contribution >= 4 is 16.8 Å². The van der Waals surface area contributed by atoms with Gasteiger partial charge in [0.05, 0.1) is 12.0 Å². The highest BCUT2D eigenvalue weighted by atomic mass is 16.5. The largest absolute Gasteiger partial charge is 0.477 e. The highest BCUT2D eigenvalue weighted by Crippen LogP contribution is 2.31. The number of benzene rings is 1. The average Bonchev–Trinajstić information content (AvgIpc) is 3.22. The summed E-state index contributed by atoms with van der Waals surface area (Å²) in [5.41, 5.74) is 2.07. The van der Waals surface area contributed by atoms with E-state index in [-0.39, 0.29) is 0 Å². The Morgan fingerprint density at radius 2 is 2.00 bits per heavy atom. The molecule has 2 fully saturated rings. The van der Waals surface area contributed by atoms with Gasteiger partial charge in [-0.2, -0.15) is 0 Å². The van der Waals surface area contributed by atoms with Crippen LogP contribution in [0.2, 0.25) is 0 Å². The Kier molecular flexibility index (Phi) is 5.78. The third kappa shape index (κ3) is 4.52. The van der Waals surface area contributed by atoms with E-state index in [2.05, 4.69) is 57.1 Å². The molecular formula is C24H31N5O2. The summed E-state index contributed by atoms with van der Waals surface area (Å²) in [6.45, 7) is 5.78. The Bertz CT molecular complexity index is 1000. The van der Waals surface area contributed by atoms with Crippen LogP contribution in [0.4, 0.5) is 5.82 Å². The third-order valence-corrected chi connectivity index (χ3v) is 6.43. The van der Waals surface area contributed by atoms with E-state index in [4.69, 9.17) is 9.26 Å². The predicted octanol–water partition coefficient (Wildman–Crippen LogP) is 3.26. The van der Waals surface area contributed by atoms with Crippen LogP contribution in [-0.2, 0) is 6.54 Å². The van der Waals surface area contributed by atoms with Gasteiger partial charge in [-0.1, -0.05) is 23.4 Å². The van der Waals surface area contributed by atoms with Crippen LogP contribution in [-0.4, -0.2) is 72.9 Å². The van der Waals surface area contributed by atoms with Crippen LogP contribution in [0.5, 0.6) is 5.88 Å². The molecule has 1 aromatic carbocycles. The molecule has 0 N–H and O–H groups in total. The molecule has 5 rings (SSSR count). The van der Waals surface area contributed by atoms with Gasteiger partial charge in [0.15, 0.2) is 11.4 Å². The summed E-state index contributed by atoms with van der Waals surface area (Å²) >= 11 is 0. The molecule has 4 heterocycles. The second-order valence-corrected chi connectivity index (χ2v) is 9.09. The van der Waals surface area contributed by atoms with Crippen molar-refractivity contribution in [3.05, 3.63) is 48.2 Å². The molecule has 0 radical (unpaired) electrons. The first-order chi connectivity index (χ1) is 15.2. The van der Waals surface area contributed by atoms with Crippen molar-refractivity contribution in [2.45, 2.75) is 25.4 Å². The Morgan fingerprint density at radius 3 is 2.84 bits per heavy atom. The number of piperazine rings is 1. The number of rotatable bonds is 6. The first-order valence-electron chi connectivity index (χ1n) is 11.2. The topological polar surface area (TPSA) is 57.9 Å². The fourth-order valence-electron chi connectivity index (χ4n) is 4.85. The molecule has 2 aromatic heterocycles. The molecule has 7 nitrogen and oxygen atoms in total. The maximum absolute atomic E-state index is 6.03. The molecule has 2 atom stereocenters. The van der Waals surface area contributed by atoms with Crippen LogP contribution in [0.1, 0.15) is 18.4 Å². The Morgan fingerprint density at radius 1 is 1.10 bits per heavy atom. The lowest BCUT2D eigenvalue weighted by Crippen LogP contribution is -2.57. The van der Waals surface area contributed by atoms with E-state index in [0.717, 1.165) is 62.0 Å². The van der Waals surface area contributed by atoms with Gasteiger partial charge in [-0.05, 0) is 44.6 Å². The van der Waals surface area contributed by atoms with Gasteiger partial charge in [0.1, 0.15) is 0 Å². The minimum atomic E-state index is 0.555. The van der Waals surface area contributed by atoms with Crippen molar-refractivity contribution in [1.29, 1.82) is 0 Å². The summed E-state index contributed by atoms with van der Waals surface area (Å²) in [7, 11) is 4.13. The van der Waals surface area contributed by atoms with E-state index in [1.54, 1.807) is 0 Å². The van der Waals surface area contributed by atoms with Crippen molar-refractivity contribution < 1.29 is 9.26 Å². The number of fused-ring (bicyclic) bond motifs is 2. The van der Waals surface area contributed by atoms with E-state index in [1.807, 2.05) is 24.4 Å².